The Morgan fingerprint density at radius 2 is 1.21 bits per heavy atom. The first-order valence-electron chi connectivity index (χ1n) is 15.8. The standard InChI is InChI=1S/C34H41Cl2N11O4.ClH/c1-44-20-24(17-27(44)31(49)39-12-13-40-34(37)38)42-33(51)29-18-25(21-46(29)3)43-32(50)28-16-23(19-45(28)2)41-30(48)9-6-22-4-7-26(8-5-22)47(14-10-35)15-11-36;/h4-9,16-21H,10-15H2,1-3H3,(H,39,49)(H,41,48)(H,42,51)(H,43,50)(H4,37,38,40);1H/b9-6+;. The lowest BCUT2D eigenvalue weighted by Gasteiger charge is -2.22. The zero-order valence-corrected chi connectivity index (χ0v) is 31.2. The van der Waals surface area contributed by atoms with Crippen molar-refractivity contribution in [1.29, 1.82) is 0 Å². The fourth-order valence-electron chi connectivity index (χ4n) is 5.14. The molecule has 278 valence electrons. The Balaban J connectivity index is 0.00000729. The summed E-state index contributed by atoms with van der Waals surface area (Å²) in [6.07, 6.45) is 7.94. The van der Waals surface area contributed by atoms with Crippen molar-refractivity contribution >= 4 is 94.0 Å². The maximum Gasteiger partial charge on any atom is 0.272 e. The highest BCUT2D eigenvalue weighted by molar-refractivity contribution is 6.18. The third-order valence-corrected chi connectivity index (χ3v) is 7.92. The van der Waals surface area contributed by atoms with E-state index in [0.29, 0.717) is 47.6 Å². The van der Waals surface area contributed by atoms with Crippen LogP contribution in [0.1, 0.15) is 37.0 Å². The van der Waals surface area contributed by atoms with Crippen LogP contribution in [-0.4, -0.2) is 81.2 Å². The van der Waals surface area contributed by atoms with E-state index in [9.17, 15) is 19.2 Å². The Hall–Kier alpha value is -5.38. The number of nitrogens with one attached hydrogen (secondary N) is 4. The highest BCUT2D eigenvalue weighted by atomic mass is 35.5. The number of rotatable bonds is 16. The smallest absolute Gasteiger partial charge is 0.272 e. The minimum Gasteiger partial charge on any atom is -0.370 e. The van der Waals surface area contributed by atoms with Gasteiger partial charge < -0.3 is 51.3 Å². The number of carbonyl (C=O) groups excluding carboxylic acids is 4. The van der Waals surface area contributed by atoms with Gasteiger partial charge in [-0.2, -0.15) is 0 Å². The second-order valence-corrected chi connectivity index (χ2v) is 12.2. The van der Waals surface area contributed by atoms with Crippen LogP contribution in [0.3, 0.4) is 0 Å². The van der Waals surface area contributed by atoms with Gasteiger partial charge in [-0.05, 0) is 42.0 Å². The van der Waals surface area contributed by atoms with Gasteiger partial charge in [-0.3, -0.25) is 24.2 Å². The molecular formula is C34H42Cl3N11O4. The molecule has 52 heavy (non-hydrogen) atoms. The summed E-state index contributed by atoms with van der Waals surface area (Å²) in [6.45, 7) is 1.82. The van der Waals surface area contributed by atoms with Crippen LogP contribution in [0.4, 0.5) is 22.7 Å². The van der Waals surface area contributed by atoms with Crippen LogP contribution in [0.15, 0.2) is 72.1 Å². The fourth-order valence-corrected chi connectivity index (χ4v) is 5.55. The molecule has 0 aliphatic heterocycles. The van der Waals surface area contributed by atoms with Crippen LogP contribution in [0.2, 0.25) is 0 Å². The van der Waals surface area contributed by atoms with E-state index in [0.717, 1.165) is 11.3 Å². The van der Waals surface area contributed by atoms with E-state index in [1.165, 1.54) is 12.1 Å². The third-order valence-electron chi connectivity index (χ3n) is 7.58. The highest BCUT2D eigenvalue weighted by Gasteiger charge is 2.19. The molecule has 0 radical (unpaired) electrons. The van der Waals surface area contributed by atoms with E-state index in [1.807, 2.05) is 24.3 Å². The first-order chi connectivity index (χ1) is 24.4. The molecule has 1 aromatic carbocycles. The molecule has 0 bridgehead atoms. The average molecular weight is 775 g/mol. The van der Waals surface area contributed by atoms with Crippen LogP contribution in [0.5, 0.6) is 0 Å². The van der Waals surface area contributed by atoms with Gasteiger partial charge in [0.1, 0.15) is 17.1 Å². The Kier molecular flexibility index (Phi) is 15.2. The van der Waals surface area contributed by atoms with Crippen LogP contribution in [0, 0.1) is 0 Å². The van der Waals surface area contributed by atoms with Gasteiger partial charge in [-0.15, -0.1) is 35.6 Å². The lowest BCUT2D eigenvalue weighted by molar-refractivity contribution is -0.111. The Labute approximate surface area is 317 Å². The molecule has 0 spiro atoms. The zero-order chi connectivity index (χ0) is 37.1. The number of alkyl halides is 2. The second-order valence-electron chi connectivity index (χ2n) is 11.4. The van der Waals surface area contributed by atoms with Crippen molar-refractivity contribution in [2.24, 2.45) is 37.6 Å². The molecule has 0 saturated carbocycles. The summed E-state index contributed by atoms with van der Waals surface area (Å²) in [4.78, 5) is 57.4. The van der Waals surface area contributed by atoms with Gasteiger partial charge in [0.15, 0.2) is 5.96 Å². The van der Waals surface area contributed by atoms with E-state index < -0.39 is 11.8 Å². The Bertz CT molecular complexity index is 1920. The molecule has 4 amide bonds. The number of aliphatic imine (C=N–C) groups is 1. The molecule has 3 heterocycles. The van der Waals surface area contributed by atoms with Gasteiger partial charge in [-0.1, -0.05) is 12.1 Å². The van der Waals surface area contributed by atoms with Crippen molar-refractivity contribution in [3.8, 4) is 0 Å². The van der Waals surface area contributed by atoms with E-state index in [-0.39, 0.29) is 54.7 Å². The summed E-state index contributed by atoms with van der Waals surface area (Å²) in [6, 6.07) is 12.3. The number of carbonyl (C=O) groups is 4. The van der Waals surface area contributed by atoms with Gasteiger partial charge >= 0.3 is 0 Å². The normalized spacial score (nSPS) is 10.7. The minimum absolute atomic E-state index is 0. The molecular weight excluding hydrogens is 733 g/mol. The van der Waals surface area contributed by atoms with Gasteiger partial charge in [0, 0.05) is 82.9 Å². The summed E-state index contributed by atoms with van der Waals surface area (Å²) in [5, 5.41) is 11.0. The van der Waals surface area contributed by atoms with E-state index in [1.54, 1.807) is 71.6 Å². The topological polar surface area (TPSA) is 199 Å². The molecule has 0 aliphatic carbocycles. The second kappa shape index (κ2) is 19.3. The third kappa shape index (κ3) is 11.3. The summed E-state index contributed by atoms with van der Waals surface area (Å²) in [5.41, 5.74) is 14.5. The number of aromatic nitrogens is 3. The number of benzene rings is 1. The number of amides is 4. The van der Waals surface area contributed by atoms with Crippen LogP contribution < -0.4 is 37.6 Å². The minimum atomic E-state index is -0.448. The number of nitrogens with zero attached hydrogens (tertiary/aromatic N) is 5. The lowest BCUT2D eigenvalue weighted by atomic mass is 10.2. The van der Waals surface area contributed by atoms with Crippen molar-refractivity contribution in [2.75, 3.05) is 58.8 Å². The molecule has 0 atom stereocenters. The van der Waals surface area contributed by atoms with Crippen molar-refractivity contribution in [3.63, 3.8) is 0 Å². The quantitative estimate of drug-likeness (QED) is 0.0329. The first kappa shape index (κ1) is 41.0. The molecule has 0 unspecified atom stereocenters. The number of halogens is 3. The maximum atomic E-state index is 13.2. The fraction of sp³-hybridized carbons (Fsp3) is 0.265. The van der Waals surface area contributed by atoms with Gasteiger partial charge in [-0.25, -0.2) is 0 Å². The van der Waals surface area contributed by atoms with Gasteiger partial charge in [0.05, 0.1) is 23.6 Å². The lowest BCUT2D eigenvalue weighted by Crippen LogP contribution is -2.29. The van der Waals surface area contributed by atoms with Crippen molar-refractivity contribution < 1.29 is 19.2 Å². The number of aryl methyl sites for hydroxylation is 3. The molecule has 18 heteroatoms. The number of nitrogens with two attached hydrogens (primary N) is 2. The average Bonchev–Trinajstić information content (AvgIpc) is 3.76. The molecule has 0 aliphatic rings. The summed E-state index contributed by atoms with van der Waals surface area (Å²) >= 11 is 11.8. The van der Waals surface area contributed by atoms with Crippen LogP contribution in [0.25, 0.3) is 6.08 Å². The van der Waals surface area contributed by atoms with E-state index >= 15 is 0 Å². The number of guanidine groups is 1. The van der Waals surface area contributed by atoms with Crippen molar-refractivity contribution in [2.45, 2.75) is 0 Å². The molecule has 4 rings (SSSR count). The molecule has 0 fully saturated rings. The predicted molar refractivity (Wildman–Crippen MR) is 210 cm³/mol. The SMILES string of the molecule is Cl.Cn1cc(NC(=O)c2cc(NC(=O)c3cc(NC(=O)/C=C/c4ccc(N(CCCl)CCCl)cc4)cn3C)cn2C)cc1C(=O)NCCN=C(N)N. The number of hydrogen-bond acceptors (Lipinski definition) is 6. The Morgan fingerprint density at radius 3 is 1.67 bits per heavy atom. The maximum absolute atomic E-state index is 13.2. The van der Waals surface area contributed by atoms with Crippen molar-refractivity contribution in [1.82, 2.24) is 19.0 Å². The summed E-state index contributed by atoms with van der Waals surface area (Å²) in [7, 11) is 5.03. The van der Waals surface area contributed by atoms with Crippen LogP contribution in [-0.2, 0) is 25.9 Å². The number of anilines is 4. The summed E-state index contributed by atoms with van der Waals surface area (Å²) in [5.74, 6) is -0.707. The van der Waals surface area contributed by atoms with Crippen LogP contribution >= 0.6 is 35.6 Å². The molecule has 15 nitrogen and oxygen atoms in total. The number of hydrogen-bond donors (Lipinski definition) is 6. The zero-order valence-electron chi connectivity index (χ0n) is 28.9. The largest absolute Gasteiger partial charge is 0.370 e. The monoisotopic (exact) mass is 773 g/mol. The molecule has 4 aromatic rings. The van der Waals surface area contributed by atoms with E-state index in [2.05, 4.69) is 31.2 Å². The van der Waals surface area contributed by atoms with E-state index in [4.69, 9.17) is 34.7 Å². The molecule has 8 N–H and O–H groups in total. The Morgan fingerprint density at radius 1 is 0.750 bits per heavy atom. The first-order valence-corrected chi connectivity index (χ1v) is 16.9. The van der Waals surface area contributed by atoms with Crippen molar-refractivity contribution in [3.05, 3.63) is 89.8 Å². The highest BCUT2D eigenvalue weighted by Crippen LogP contribution is 2.20. The van der Waals surface area contributed by atoms with Gasteiger partial charge in [0.2, 0.25) is 5.91 Å². The molecule has 3 aromatic heterocycles. The predicted octanol–water partition coefficient (Wildman–Crippen LogP) is 3.57. The molecule has 0 saturated heterocycles. The van der Waals surface area contributed by atoms with Gasteiger partial charge in [0.25, 0.3) is 17.7 Å². The summed E-state index contributed by atoms with van der Waals surface area (Å²) < 4.78 is 4.73.